The summed E-state index contributed by atoms with van der Waals surface area (Å²) in [4.78, 5) is 23.2. The van der Waals surface area contributed by atoms with Crippen molar-refractivity contribution in [1.29, 1.82) is 0 Å². The van der Waals surface area contributed by atoms with E-state index in [-0.39, 0.29) is 11.9 Å². The molecule has 2 aliphatic heterocycles. The van der Waals surface area contributed by atoms with Crippen LogP contribution in [-0.2, 0) is 19.1 Å². The number of rotatable bonds is 14. The molecule has 0 bridgehead atoms. The minimum atomic E-state index is -0.267. The van der Waals surface area contributed by atoms with Crippen molar-refractivity contribution in [3.8, 4) is 0 Å². The fraction of sp³-hybridized carbons (Fsp3) is 0.769. The van der Waals surface area contributed by atoms with Crippen molar-refractivity contribution in [2.24, 2.45) is 11.8 Å². The van der Waals surface area contributed by atoms with Crippen LogP contribution in [0.1, 0.15) is 39.5 Å². The van der Waals surface area contributed by atoms with Crippen molar-refractivity contribution in [1.82, 2.24) is 0 Å². The Morgan fingerprint density at radius 3 is 1.47 bits per heavy atom. The summed E-state index contributed by atoms with van der Waals surface area (Å²) in [7, 11) is 0. The molecule has 204 valence electrons. The van der Waals surface area contributed by atoms with E-state index in [1.165, 1.54) is 48.7 Å². The van der Waals surface area contributed by atoms with Crippen molar-refractivity contribution < 1.29 is 19.1 Å². The predicted molar refractivity (Wildman–Crippen MR) is 167 cm³/mol. The van der Waals surface area contributed by atoms with E-state index in [0.717, 1.165) is 23.3 Å². The second-order valence-electron chi connectivity index (χ2n) is 9.76. The molecule has 0 radical (unpaired) electrons. The van der Waals surface area contributed by atoms with Crippen molar-refractivity contribution in [2.45, 2.75) is 59.2 Å². The van der Waals surface area contributed by atoms with Gasteiger partial charge in [-0.25, -0.2) is 9.59 Å². The van der Waals surface area contributed by atoms with Crippen LogP contribution in [0.3, 0.4) is 0 Å². The van der Waals surface area contributed by atoms with Gasteiger partial charge >= 0.3 is 11.9 Å². The minimum Gasteiger partial charge on any atom is -0.461 e. The third kappa shape index (κ3) is 11.3. The summed E-state index contributed by atoms with van der Waals surface area (Å²) < 4.78 is 11.9. The average molecular weight is 609 g/mol. The average Bonchev–Trinajstić information content (AvgIpc) is 3.51. The molecule has 2 heterocycles. The molecule has 0 spiro atoms. The third-order valence-electron chi connectivity index (χ3n) is 6.30. The van der Waals surface area contributed by atoms with Crippen LogP contribution in [0.5, 0.6) is 0 Å². The summed E-state index contributed by atoms with van der Waals surface area (Å²) in [5.74, 6) is 8.34. The van der Waals surface area contributed by atoms with Gasteiger partial charge in [0.2, 0.25) is 0 Å². The summed E-state index contributed by atoms with van der Waals surface area (Å²) in [5.41, 5.74) is 0.957. The van der Waals surface area contributed by atoms with Crippen LogP contribution in [0.25, 0.3) is 0 Å². The van der Waals surface area contributed by atoms with Crippen LogP contribution in [0.15, 0.2) is 24.3 Å². The van der Waals surface area contributed by atoms with Gasteiger partial charge in [0.15, 0.2) is 0 Å². The lowest BCUT2D eigenvalue weighted by Gasteiger charge is -2.28. The number of carbonyl (C=O) groups is 2. The molecule has 10 heteroatoms. The molecular weight excluding hydrogens is 569 g/mol. The molecule has 2 saturated heterocycles. The van der Waals surface area contributed by atoms with Crippen LogP contribution >= 0.6 is 70.6 Å². The van der Waals surface area contributed by atoms with E-state index in [1.54, 1.807) is 13.8 Å². The highest BCUT2D eigenvalue weighted by Gasteiger charge is 2.29. The topological polar surface area (TPSA) is 52.6 Å². The monoisotopic (exact) mass is 608 g/mol. The molecule has 4 atom stereocenters. The summed E-state index contributed by atoms with van der Waals surface area (Å²) in [5, 5.41) is 0.839. The molecule has 3 aliphatic rings. The largest absolute Gasteiger partial charge is 0.461 e. The van der Waals surface area contributed by atoms with Gasteiger partial charge in [0, 0.05) is 44.7 Å². The van der Waals surface area contributed by atoms with Gasteiger partial charge in [-0.1, -0.05) is 13.2 Å². The molecule has 1 aliphatic carbocycles. The van der Waals surface area contributed by atoms with E-state index in [9.17, 15) is 9.59 Å². The maximum atomic E-state index is 11.6. The highest BCUT2D eigenvalue weighted by Crippen LogP contribution is 2.42. The quantitative estimate of drug-likeness (QED) is 0.155. The molecule has 0 amide bonds. The lowest BCUT2D eigenvalue weighted by Crippen LogP contribution is -2.19. The number of hydrogen-bond acceptors (Lipinski definition) is 10. The summed E-state index contributed by atoms with van der Waals surface area (Å²) >= 11 is 12.2. The van der Waals surface area contributed by atoms with E-state index in [4.69, 9.17) is 9.47 Å². The molecule has 3 fully saturated rings. The molecule has 0 N–H and O–H groups in total. The lowest BCUT2D eigenvalue weighted by atomic mass is 9.84. The van der Waals surface area contributed by atoms with E-state index < -0.39 is 0 Å². The van der Waals surface area contributed by atoms with Gasteiger partial charge in [0.1, 0.15) is 13.2 Å². The first-order valence-electron chi connectivity index (χ1n) is 12.6. The highest BCUT2D eigenvalue weighted by molar-refractivity contribution is 8.22. The second kappa shape index (κ2) is 16.6. The number of thioether (sulfide) groups is 6. The van der Waals surface area contributed by atoms with Gasteiger partial charge in [0.05, 0.1) is 9.16 Å². The fourth-order valence-electron chi connectivity index (χ4n) is 4.18. The second-order valence-corrected chi connectivity index (χ2v) is 18.0. The zero-order chi connectivity index (χ0) is 25.9. The van der Waals surface area contributed by atoms with Gasteiger partial charge in [-0.15, -0.1) is 47.0 Å². The van der Waals surface area contributed by atoms with Crippen molar-refractivity contribution in [3.63, 3.8) is 0 Å². The molecule has 0 aromatic carbocycles. The maximum absolute atomic E-state index is 11.6. The Kier molecular flexibility index (Phi) is 14.3. The molecule has 3 rings (SSSR count). The minimum absolute atomic E-state index is 0.267. The zero-order valence-corrected chi connectivity index (χ0v) is 26.3. The van der Waals surface area contributed by atoms with Crippen molar-refractivity contribution >= 4 is 82.5 Å². The van der Waals surface area contributed by atoms with E-state index in [1.807, 2.05) is 47.0 Å². The van der Waals surface area contributed by atoms with E-state index >= 15 is 0 Å². The molecule has 0 aromatic rings. The number of esters is 2. The first kappa shape index (κ1) is 31.1. The van der Waals surface area contributed by atoms with Gasteiger partial charge < -0.3 is 9.47 Å². The van der Waals surface area contributed by atoms with Gasteiger partial charge in [0.25, 0.3) is 0 Å². The molecule has 1 saturated carbocycles. The standard InChI is InChI=1S/C26H40O4S6/c1-17(2)25(27)29-9-21-13-33-23(35-21)15-31-11-19-5-7-20(8-6-19)12-32-16-24-34-14-22(36-24)10-30-26(28)18(3)4/h19-24H,1,3,5-16H2,2,4H3. The van der Waals surface area contributed by atoms with Crippen molar-refractivity contribution in [2.75, 3.05) is 47.7 Å². The summed E-state index contributed by atoms with van der Waals surface area (Å²) in [6.45, 7) is 11.7. The first-order valence-corrected chi connectivity index (χ1v) is 18.9. The van der Waals surface area contributed by atoms with Gasteiger partial charge in [-0.05, 0) is 62.9 Å². The fourth-order valence-corrected chi connectivity index (χ4v) is 14.1. The van der Waals surface area contributed by atoms with Crippen LogP contribution < -0.4 is 0 Å². The molecule has 4 nitrogen and oxygen atoms in total. The Hall–Kier alpha value is 0.520. The molecule has 4 unspecified atom stereocenters. The summed E-state index contributed by atoms with van der Waals surface area (Å²) in [6, 6.07) is 0. The predicted octanol–water partition coefficient (Wildman–Crippen LogP) is 6.85. The van der Waals surface area contributed by atoms with E-state index in [2.05, 4.69) is 36.7 Å². The van der Waals surface area contributed by atoms with Crippen molar-refractivity contribution in [3.05, 3.63) is 24.3 Å². The lowest BCUT2D eigenvalue weighted by molar-refractivity contribution is -0.139. The Labute approximate surface area is 243 Å². The Balaban J connectivity index is 1.17. The normalized spacial score (nSPS) is 30.2. The third-order valence-corrected chi connectivity index (χ3v) is 16.2. The Morgan fingerprint density at radius 1 is 0.722 bits per heavy atom. The highest BCUT2D eigenvalue weighted by atomic mass is 32.2. The van der Waals surface area contributed by atoms with Crippen LogP contribution in [0.4, 0.5) is 0 Å². The first-order chi connectivity index (χ1) is 17.3. The zero-order valence-electron chi connectivity index (χ0n) is 21.4. The van der Waals surface area contributed by atoms with Crippen LogP contribution in [0.2, 0.25) is 0 Å². The molecule has 0 aromatic heterocycles. The number of carbonyl (C=O) groups excluding carboxylic acids is 2. The number of ether oxygens (including phenoxy) is 2. The summed E-state index contributed by atoms with van der Waals surface area (Å²) in [6.07, 6.45) is 5.52. The van der Waals surface area contributed by atoms with Gasteiger partial charge in [-0.3, -0.25) is 0 Å². The Bertz CT molecular complexity index is 693. The number of hydrogen-bond donors (Lipinski definition) is 0. The van der Waals surface area contributed by atoms with Gasteiger partial charge in [-0.2, -0.15) is 23.5 Å². The SMILES string of the molecule is C=C(C)C(=O)OCC1CSC(CSCC2CCC(CSCC3SCC(COC(=O)C(=C)C)S3)CC2)S1. The van der Waals surface area contributed by atoms with Crippen LogP contribution in [-0.4, -0.2) is 79.3 Å². The molecular formula is C26H40O4S6. The molecule has 36 heavy (non-hydrogen) atoms. The smallest absolute Gasteiger partial charge is 0.333 e. The van der Waals surface area contributed by atoms with E-state index in [0.29, 0.717) is 44.0 Å². The maximum Gasteiger partial charge on any atom is 0.333 e. The Morgan fingerprint density at radius 2 is 1.11 bits per heavy atom. The van der Waals surface area contributed by atoms with Crippen LogP contribution in [0, 0.1) is 11.8 Å².